The van der Waals surface area contributed by atoms with Crippen LogP contribution < -0.4 is 5.32 Å². The summed E-state index contributed by atoms with van der Waals surface area (Å²) in [6.45, 7) is 3.95. The number of halogens is 3. The van der Waals surface area contributed by atoms with Crippen molar-refractivity contribution in [3.05, 3.63) is 17.7 Å². The van der Waals surface area contributed by atoms with E-state index in [-0.39, 0.29) is 12.5 Å². The van der Waals surface area contributed by atoms with E-state index in [0.29, 0.717) is 11.6 Å². The third-order valence-electron chi connectivity index (χ3n) is 3.77. The van der Waals surface area contributed by atoms with Gasteiger partial charge in [-0.1, -0.05) is 0 Å². The van der Waals surface area contributed by atoms with Gasteiger partial charge >= 0.3 is 18.1 Å². The molecule has 1 N–H and O–H groups in total. The van der Waals surface area contributed by atoms with Crippen molar-refractivity contribution < 1.29 is 27.5 Å². The SMILES string of the molecule is COC(=O)[C@H](Cc1cn(C(C)C)c(C2CC2)n1)NC(=O)C(F)(F)F. The van der Waals surface area contributed by atoms with E-state index < -0.39 is 24.1 Å². The zero-order valence-corrected chi connectivity index (χ0v) is 13.7. The summed E-state index contributed by atoms with van der Waals surface area (Å²) < 4.78 is 43.7. The van der Waals surface area contributed by atoms with Gasteiger partial charge in [-0.15, -0.1) is 0 Å². The van der Waals surface area contributed by atoms with Crippen LogP contribution in [0.15, 0.2) is 6.20 Å². The summed E-state index contributed by atoms with van der Waals surface area (Å²) in [5, 5.41) is 1.67. The molecule has 1 aliphatic carbocycles. The summed E-state index contributed by atoms with van der Waals surface area (Å²) in [6, 6.07) is -1.30. The molecule has 6 nitrogen and oxygen atoms in total. The van der Waals surface area contributed by atoms with Crippen LogP contribution in [0.2, 0.25) is 0 Å². The summed E-state index contributed by atoms with van der Waals surface area (Å²) in [5.74, 6) is -1.91. The van der Waals surface area contributed by atoms with E-state index in [2.05, 4.69) is 9.72 Å². The molecule has 1 aromatic rings. The number of hydrogen-bond acceptors (Lipinski definition) is 4. The Labute approximate surface area is 137 Å². The number of nitrogens with one attached hydrogen (secondary N) is 1. The highest BCUT2D eigenvalue weighted by Crippen LogP contribution is 2.40. The smallest absolute Gasteiger partial charge is 0.467 e. The third-order valence-corrected chi connectivity index (χ3v) is 3.77. The number of esters is 1. The van der Waals surface area contributed by atoms with Gasteiger partial charge in [0.25, 0.3) is 0 Å². The van der Waals surface area contributed by atoms with E-state index in [1.54, 1.807) is 11.5 Å². The van der Waals surface area contributed by atoms with Gasteiger partial charge in [-0.05, 0) is 26.7 Å². The zero-order chi connectivity index (χ0) is 18.1. The van der Waals surface area contributed by atoms with Crippen LogP contribution >= 0.6 is 0 Å². The first-order valence-electron chi connectivity index (χ1n) is 7.66. The molecule has 0 spiro atoms. The number of aromatic nitrogens is 2. The van der Waals surface area contributed by atoms with E-state index in [1.165, 1.54) is 0 Å². The Hall–Kier alpha value is -2.06. The Bertz CT molecular complexity index is 602. The number of nitrogens with zero attached hydrogens (tertiary/aromatic N) is 2. The number of ether oxygens (including phenoxy) is 1. The molecule has 1 heterocycles. The average Bonchev–Trinajstić information content (AvgIpc) is 3.25. The number of hydrogen-bond donors (Lipinski definition) is 1. The van der Waals surface area contributed by atoms with Gasteiger partial charge in [-0.2, -0.15) is 13.2 Å². The van der Waals surface area contributed by atoms with Crippen molar-refractivity contribution >= 4 is 11.9 Å². The monoisotopic (exact) mass is 347 g/mol. The van der Waals surface area contributed by atoms with Gasteiger partial charge in [0.1, 0.15) is 11.9 Å². The summed E-state index contributed by atoms with van der Waals surface area (Å²) in [4.78, 5) is 27.3. The molecule has 0 saturated heterocycles. The van der Waals surface area contributed by atoms with Gasteiger partial charge in [0.15, 0.2) is 0 Å². The highest BCUT2D eigenvalue weighted by atomic mass is 19.4. The molecule has 1 aliphatic rings. The topological polar surface area (TPSA) is 73.2 Å². The second-order valence-corrected chi connectivity index (χ2v) is 6.12. The minimum atomic E-state index is -5.07. The maximum Gasteiger partial charge on any atom is 0.471 e. The van der Waals surface area contributed by atoms with Gasteiger partial charge in [-0.3, -0.25) is 4.79 Å². The summed E-state index contributed by atoms with van der Waals surface area (Å²) in [5.41, 5.74) is 0.448. The Morgan fingerprint density at radius 3 is 2.50 bits per heavy atom. The number of carbonyl (C=O) groups is 2. The van der Waals surface area contributed by atoms with Gasteiger partial charge in [0, 0.05) is 24.6 Å². The molecule has 0 bridgehead atoms. The summed E-state index contributed by atoms with van der Waals surface area (Å²) in [7, 11) is 1.05. The molecule has 1 amide bonds. The lowest BCUT2D eigenvalue weighted by Crippen LogP contribution is -2.48. The molecule has 1 saturated carbocycles. The molecule has 2 rings (SSSR count). The third kappa shape index (κ3) is 4.27. The molecule has 0 radical (unpaired) electrons. The van der Waals surface area contributed by atoms with Crippen molar-refractivity contribution in [2.24, 2.45) is 0 Å². The molecule has 1 aromatic heterocycles. The maximum absolute atomic E-state index is 12.4. The van der Waals surface area contributed by atoms with Crippen LogP contribution in [-0.2, 0) is 20.7 Å². The highest BCUT2D eigenvalue weighted by molar-refractivity contribution is 5.87. The quantitative estimate of drug-likeness (QED) is 0.800. The predicted molar refractivity (Wildman–Crippen MR) is 78.3 cm³/mol. The fourth-order valence-electron chi connectivity index (χ4n) is 2.40. The van der Waals surface area contributed by atoms with Crippen molar-refractivity contribution in [2.75, 3.05) is 7.11 Å². The largest absolute Gasteiger partial charge is 0.471 e. The van der Waals surface area contributed by atoms with Gasteiger partial charge in [0.05, 0.1) is 12.8 Å². The number of imidazole rings is 1. The Balaban J connectivity index is 2.18. The molecular weight excluding hydrogens is 327 g/mol. The van der Waals surface area contributed by atoms with E-state index in [1.807, 2.05) is 18.4 Å². The van der Waals surface area contributed by atoms with Crippen LogP contribution in [0.1, 0.15) is 50.2 Å². The predicted octanol–water partition coefficient (Wildman–Crippen LogP) is 2.10. The van der Waals surface area contributed by atoms with Crippen LogP contribution in [0, 0.1) is 0 Å². The van der Waals surface area contributed by atoms with E-state index in [0.717, 1.165) is 25.8 Å². The first-order valence-corrected chi connectivity index (χ1v) is 7.66. The lowest BCUT2D eigenvalue weighted by atomic mass is 10.1. The van der Waals surface area contributed by atoms with Gasteiger partial charge < -0.3 is 14.6 Å². The van der Waals surface area contributed by atoms with Gasteiger partial charge in [0.2, 0.25) is 0 Å². The Kier molecular flexibility index (Phi) is 5.19. The Morgan fingerprint density at radius 1 is 1.42 bits per heavy atom. The lowest BCUT2D eigenvalue weighted by molar-refractivity contribution is -0.175. The molecule has 0 aliphatic heterocycles. The lowest BCUT2D eigenvalue weighted by Gasteiger charge is -2.16. The van der Waals surface area contributed by atoms with Crippen LogP contribution in [0.5, 0.6) is 0 Å². The van der Waals surface area contributed by atoms with Crippen LogP contribution in [-0.4, -0.2) is 40.8 Å². The fourth-order valence-corrected chi connectivity index (χ4v) is 2.40. The molecule has 1 atom stereocenters. The van der Waals surface area contributed by atoms with Crippen molar-refractivity contribution in [3.8, 4) is 0 Å². The molecule has 0 unspecified atom stereocenters. The molecule has 1 fully saturated rings. The number of carbonyl (C=O) groups excluding carboxylic acids is 2. The standard InChI is InChI=1S/C15H20F3N3O3/c1-8(2)21-7-10(19-12(21)9-4-5-9)6-11(13(22)24-3)20-14(23)15(16,17)18/h7-9,11H,4-6H2,1-3H3,(H,20,23)/t11-/m0/s1. The first kappa shape index (κ1) is 18.3. The number of methoxy groups -OCH3 is 1. The van der Waals surface area contributed by atoms with Crippen molar-refractivity contribution in [3.63, 3.8) is 0 Å². The summed E-state index contributed by atoms with van der Waals surface area (Å²) >= 11 is 0. The van der Waals surface area contributed by atoms with Gasteiger partial charge in [-0.25, -0.2) is 9.78 Å². The number of amides is 1. The highest BCUT2D eigenvalue weighted by Gasteiger charge is 2.41. The van der Waals surface area contributed by atoms with E-state index in [9.17, 15) is 22.8 Å². The number of rotatable bonds is 6. The first-order chi connectivity index (χ1) is 11.1. The number of alkyl halides is 3. The minimum absolute atomic E-state index is 0.142. The van der Waals surface area contributed by atoms with Crippen molar-refractivity contribution in [2.45, 2.75) is 57.3 Å². The van der Waals surface area contributed by atoms with E-state index >= 15 is 0 Å². The van der Waals surface area contributed by atoms with Crippen molar-refractivity contribution in [1.29, 1.82) is 0 Å². The van der Waals surface area contributed by atoms with Crippen LogP contribution in [0.3, 0.4) is 0 Å². The molecule has 24 heavy (non-hydrogen) atoms. The minimum Gasteiger partial charge on any atom is -0.467 e. The molecule has 134 valence electrons. The average molecular weight is 347 g/mol. The molecular formula is C15H20F3N3O3. The van der Waals surface area contributed by atoms with Crippen molar-refractivity contribution in [1.82, 2.24) is 14.9 Å². The van der Waals surface area contributed by atoms with E-state index in [4.69, 9.17) is 0 Å². The second kappa shape index (κ2) is 6.82. The zero-order valence-electron chi connectivity index (χ0n) is 13.7. The molecule has 0 aromatic carbocycles. The fraction of sp³-hybridized carbons (Fsp3) is 0.667. The normalized spacial score (nSPS) is 16.1. The van der Waals surface area contributed by atoms with Crippen LogP contribution in [0.25, 0.3) is 0 Å². The summed E-state index contributed by atoms with van der Waals surface area (Å²) in [6.07, 6.45) is -1.46. The Morgan fingerprint density at radius 2 is 2.04 bits per heavy atom. The van der Waals surface area contributed by atoms with Crippen LogP contribution in [0.4, 0.5) is 13.2 Å². The molecule has 9 heteroatoms. The second-order valence-electron chi connectivity index (χ2n) is 6.12. The maximum atomic E-state index is 12.4.